The van der Waals surface area contributed by atoms with Crippen molar-refractivity contribution < 1.29 is 4.79 Å². The molecule has 0 saturated heterocycles. The van der Waals surface area contributed by atoms with Gasteiger partial charge in [0.05, 0.1) is 6.04 Å². The molecule has 1 aromatic carbocycles. The number of benzene rings is 1. The van der Waals surface area contributed by atoms with Crippen LogP contribution in [0.1, 0.15) is 37.8 Å². The van der Waals surface area contributed by atoms with Gasteiger partial charge in [-0.1, -0.05) is 43.7 Å². The quantitative estimate of drug-likeness (QED) is 0.861. The zero-order valence-electron chi connectivity index (χ0n) is 11.5. The number of hydrogen-bond donors (Lipinski definition) is 1. The zero-order valence-corrected chi connectivity index (χ0v) is 12.3. The number of halogens is 1. The Labute approximate surface area is 116 Å². The lowest BCUT2D eigenvalue weighted by atomic mass is 9.96. The maximum Gasteiger partial charge on any atom is 0.149 e. The van der Waals surface area contributed by atoms with Crippen molar-refractivity contribution in [3.63, 3.8) is 0 Å². The second-order valence-electron chi connectivity index (χ2n) is 5.08. The number of nitrogens with two attached hydrogens (primary N) is 1. The summed E-state index contributed by atoms with van der Waals surface area (Å²) in [5, 5.41) is 0. The van der Waals surface area contributed by atoms with Crippen LogP contribution in [0, 0.1) is 12.8 Å². The monoisotopic (exact) mass is 269 g/mol. The Balaban J connectivity index is 0.00000289. The number of carbonyl (C=O) groups excluding carboxylic acids is 1. The van der Waals surface area contributed by atoms with Gasteiger partial charge in [-0.2, -0.15) is 0 Å². The van der Waals surface area contributed by atoms with Crippen molar-refractivity contribution in [3.05, 3.63) is 35.4 Å². The van der Waals surface area contributed by atoms with Gasteiger partial charge in [0.15, 0.2) is 0 Å². The topological polar surface area (TPSA) is 43.1 Å². The molecule has 0 aliphatic rings. The van der Waals surface area contributed by atoms with Crippen molar-refractivity contribution in [2.75, 3.05) is 0 Å². The van der Waals surface area contributed by atoms with Gasteiger partial charge in [-0.25, -0.2) is 0 Å². The van der Waals surface area contributed by atoms with E-state index in [9.17, 15) is 4.79 Å². The molecule has 0 radical (unpaired) electrons. The van der Waals surface area contributed by atoms with Crippen LogP contribution >= 0.6 is 12.4 Å². The van der Waals surface area contributed by atoms with Gasteiger partial charge in [0.25, 0.3) is 0 Å². The molecule has 3 heteroatoms. The Morgan fingerprint density at radius 1 is 1.22 bits per heavy atom. The Kier molecular flexibility index (Phi) is 7.88. The van der Waals surface area contributed by atoms with Gasteiger partial charge in [0, 0.05) is 6.42 Å². The molecular formula is C15H24ClNO. The van der Waals surface area contributed by atoms with Crippen LogP contribution in [-0.2, 0) is 11.2 Å². The molecule has 0 aliphatic heterocycles. The molecule has 2 nitrogen and oxygen atoms in total. The molecule has 0 saturated carbocycles. The predicted molar refractivity (Wildman–Crippen MR) is 79.2 cm³/mol. The Hall–Kier alpha value is -0.860. The van der Waals surface area contributed by atoms with E-state index in [1.165, 1.54) is 11.1 Å². The molecule has 0 unspecified atom stereocenters. The lowest BCUT2D eigenvalue weighted by Gasteiger charge is -2.13. The largest absolute Gasteiger partial charge is 0.321 e. The third-order valence-electron chi connectivity index (χ3n) is 3.10. The molecule has 1 aromatic rings. The molecule has 0 amide bonds. The van der Waals surface area contributed by atoms with E-state index < -0.39 is 0 Å². The average Bonchev–Trinajstić information content (AvgIpc) is 2.30. The summed E-state index contributed by atoms with van der Waals surface area (Å²) >= 11 is 0. The second-order valence-corrected chi connectivity index (χ2v) is 5.08. The summed E-state index contributed by atoms with van der Waals surface area (Å²) in [5.74, 6) is 0.425. The molecule has 0 heterocycles. The number of Topliss-reactive ketones (excluding diaryl/α,β-unsaturated/α-hetero) is 1. The summed E-state index contributed by atoms with van der Waals surface area (Å²) in [4.78, 5) is 11.7. The first-order chi connectivity index (χ1) is 8.00. The fourth-order valence-corrected chi connectivity index (χ4v) is 1.76. The summed E-state index contributed by atoms with van der Waals surface area (Å²) in [5.41, 5.74) is 8.37. The minimum Gasteiger partial charge on any atom is -0.321 e. The maximum atomic E-state index is 11.7. The molecule has 0 spiro atoms. The number of carbonyl (C=O) groups is 1. The number of rotatable bonds is 6. The molecule has 102 valence electrons. The van der Waals surface area contributed by atoms with Gasteiger partial charge in [-0.3, -0.25) is 4.79 Å². The highest BCUT2D eigenvalue weighted by Gasteiger charge is 2.16. The highest BCUT2D eigenvalue weighted by atomic mass is 35.5. The van der Waals surface area contributed by atoms with Crippen LogP contribution in [0.2, 0.25) is 0 Å². The summed E-state index contributed by atoms with van der Waals surface area (Å²) in [6.45, 7) is 6.06. The minimum absolute atomic E-state index is 0. The van der Waals surface area contributed by atoms with E-state index in [-0.39, 0.29) is 30.2 Å². The summed E-state index contributed by atoms with van der Waals surface area (Å²) < 4.78 is 0. The fraction of sp³-hybridized carbons (Fsp3) is 0.533. The first-order valence-electron chi connectivity index (χ1n) is 6.34. The van der Waals surface area contributed by atoms with E-state index >= 15 is 0 Å². The molecule has 1 rings (SSSR count). The van der Waals surface area contributed by atoms with Crippen LogP contribution in [0.3, 0.4) is 0 Å². The molecule has 0 fully saturated rings. The van der Waals surface area contributed by atoms with E-state index in [1.54, 1.807) is 0 Å². The van der Waals surface area contributed by atoms with Crippen LogP contribution in [0.5, 0.6) is 0 Å². The first kappa shape index (κ1) is 17.1. The van der Waals surface area contributed by atoms with E-state index in [2.05, 4.69) is 31.2 Å². The van der Waals surface area contributed by atoms with Crippen LogP contribution in [0.4, 0.5) is 0 Å². The number of hydrogen-bond acceptors (Lipinski definition) is 2. The third-order valence-corrected chi connectivity index (χ3v) is 3.10. The zero-order chi connectivity index (χ0) is 12.8. The normalized spacial score (nSPS) is 12.1. The molecule has 0 bridgehead atoms. The predicted octanol–water partition coefficient (Wildman–Crippen LogP) is 3.29. The maximum absolute atomic E-state index is 11.7. The van der Waals surface area contributed by atoms with Crippen molar-refractivity contribution in [3.8, 4) is 0 Å². The summed E-state index contributed by atoms with van der Waals surface area (Å²) in [6.07, 6.45) is 2.44. The minimum atomic E-state index is -0.298. The Bertz CT molecular complexity index is 359. The second kappa shape index (κ2) is 8.28. The van der Waals surface area contributed by atoms with Gasteiger partial charge < -0.3 is 5.73 Å². The molecular weight excluding hydrogens is 246 g/mol. The fourth-order valence-electron chi connectivity index (χ4n) is 1.76. The van der Waals surface area contributed by atoms with Gasteiger partial charge >= 0.3 is 0 Å². The average molecular weight is 270 g/mol. The van der Waals surface area contributed by atoms with Crippen LogP contribution in [-0.4, -0.2) is 11.8 Å². The number of aryl methyl sites for hydroxylation is 2. The first-order valence-corrected chi connectivity index (χ1v) is 6.34. The van der Waals surface area contributed by atoms with E-state index in [0.29, 0.717) is 6.42 Å². The van der Waals surface area contributed by atoms with Gasteiger partial charge in [-0.15, -0.1) is 12.4 Å². The third kappa shape index (κ3) is 5.65. The SMILES string of the molecule is Cc1ccc(CCCC(=O)[C@H](N)C(C)C)cc1.Cl. The van der Waals surface area contributed by atoms with Gasteiger partial charge in [0.1, 0.15) is 5.78 Å². The van der Waals surface area contributed by atoms with E-state index in [0.717, 1.165) is 12.8 Å². The number of ketones is 1. The molecule has 0 aliphatic carbocycles. The smallest absolute Gasteiger partial charge is 0.149 e. The summed E-state index contributed by atoms with van der Waals surface area (Å²) in [7, 11) is 0. The molecule has 2 N–H and O–H groups in total. The van der Waals surface area contributed by atoms with Gasteiger partial charge in [0.2, 0.25) is 0 Å². The Morgan fingerprint density at radius 3 is 2.28 bits per heavy atom. The van der Waals surface area contributed by atoms with Crippen molar-refractivity contribution in [1.29, 1.82) is 0 Å². The van der Waals surface area contributed by atoms with E-state index in [1.807, 2.05) is 13.8 Å². The van der Waals surface area contributed by atoms with Crippen molar-refractivity contribution >= 4 is 18.2 Å². The van der Waals surface area contributed by atoms with Crippen LogP contribution < -0.4 is 5.73 Å². The lowest BCUT2D eigenvalue weighted by Crippen LogP contribution is -2.35. The highest BCUT2D eigenvalue weighted by molar-refractivity contribution is 5.85. The van der Waals surface area contributed by atoms with Crippen molar-refractivity contribution in [2.24, 2.45) is 11.7 Å². The molecule has 1 atom stereocenters. The van der Waals surface area contributed by atoms with Crippen molar-refractivity contribution in [1.82, 2.24) is 0 Å². The molecule has 0 aromatic heterocycles. The lowest BCUT2D eigenvalue weighted by molar-refractivity contribution is -0.121. The van der Waals surface area contributed by atoms with Crippen LogP contribution in [0.25, 0.3) is 0 Å². The standard InChI is InChI=1S/C15H23NO.ClH/c1-11(2)15(16)14(17)6-4-5-13-9-7-12(3)8-10-13;/h7-11,15H,4-6,16H2,1-3H3;1H/t15-;/m1./s1. The Morgan fingerprint density at radius 2 is 1.78 bits per heavy atom. The van der Waals surface area contributed by atoms with Crippen molar-refractivity contribution in [2.45, 2.75) is 46.1 Å². The molecule has 18 heavy (non-hydrogen) atoms. The summed E-state index contributed by atoms with van der Waals surface area (Å²) in [6, 6.07) is 8.17. The highest BCUT2D eigenvalue weighted by Crippen LogP contribution is 2.09. The van der Waals surface area contributed by atoms with Gasteiger partial charge in [-0.05, 0) is 31.2 Å². The van der Waals surface area contributed by atoms with Crippen LogP contribution in [0.15, 0.2) is 24.3 Å². The van der Waals surface area contributed by atoms with E-state index in [4.69, 9.17) is 5.73 Å².